The van der Waals surface area contributed by atoms with Crippen LogP contribution in [0.25, 0.3) is 0 Å². The molecule has 0 bridgehead atoms. The van der Waals surface area contributed by atoms with Crippen molar-refractivity contribution < 1.29 is 5.11 Å². The van der Waals surface area contributed by atoms with Gasteiger partial charge in [0.15, 0.2) is 0 Å². The molecule has 7 atom stereocenters. The Morgan fingerprint density at radius 3 is 2.68 bits per heavy atom. The quantitative estimate of drug-likeness (QED) is 0.504. The molecule has 1 nitrogen and oxygen atoms in total. The zero-order valence-corrected chi connectivity index (χ0v) is 19.1. The number of hydrogen-bond donors (Lipinski definition) is 1. The van der Waals surface area contributed by atoms with Crippen molar-refractivity contribution in [3.8, 4) is 0 Å². The van der Waals surface area contributed by atoms with Gasteiger partial charge in [0.25, 0.3) is 0 Å². The molecule has 4 aliphatic rings. The van der Waals surface area contributed by atoms with Crippen LogP contribution in [-0.4, -0.2) is 11.2 Å². The van der Waals surface area contributed by atoms with Gasteiger partial charge in [-0.1, -0.05) is 51.0 Å². The van der Waals surface area contributed by atoms with E-state index in [0.717, 1.165) is 42.4 Å². The van der Waals surface area contributed by atoms with Crippen LogP contribution in [0.3, 0.4) is 0 Å². The van der Waals surface area contributed by atoms with E-state index in [9.17, 15) is 5.11 Å². The molecule has 0 radical (unpaired) electrons. The number of allylic oxidation sites excluding steroid dienone is 3. The molecule has 0 unspecified atom stereocenters. The third-order valence-corrected chi connectivity index (χ3v) is 9.84. The van der Waals surface area contributed by atoms with Gasteiger partial charge in [-0.05, 0) is 112 Å². The molecule has 0 aromatic carbocycles. The molecule has 4 rings (SSSR count). The monoisotopic (exact) mass is 384 g/mol. The first-order chi connectivity index (χ1) is 13.3. The second kappa shape index (κ2) is 7.60. The van der Waals surface area contributed by atoms with Crippen molar-refractivity contribution in [2.24, 2.45) is 40.4 Å². The number of aliphatic hydroxyl groups is 1. The van der Waals surface area contributed by atoms with Crippen molar-refractivity contribution in [1.29, 1.82) is 0 Å². The molecule has 0 amide bonds. The lowest BCUT2D eigenvalue weighted by Gasteiger charge is -2.58. The first-order valence-corrected chi connectivity index (χ1v) is 12.3. The van der Waals surface area contributed by atoms with Gasteiger partial charge in [0.1, 0.15) is 0 Å². The molecule has 0 aromatic heterocycles. The summed E-state index contributed by atoms with van der Waals surface area (Å²) in [5.74, 6) is 4.28. The zero-order valence-electron chi connectivity index (χ0n) is 19.1. The van der Waals surface area contributed by atoms with E-state index in [0.29, 0.717) is 10.8 Å². The molecule has 0 heterocycles. The van der Waals surface area contributed by atoms with E-state index in [-0.39, 0.29) is 6.10 Å². The van der Waals surface area contributed by atoms with Crippen LogP contribution in [0.15, 0.2) is 23.3 Å². The average Bonchev–Trinajstić information content (AvgIpc) is 2.99. The lowest BCUT2D eigenvalue weighted by Crippen LogP contribution is -2.50. The summed E-state index contributed by atoms with van der Waals surface area (Å²) in [7, 11) is 0. The lowest BCUT2D eigenvalue weighted by atomic mass is 9.47. The first-order valence-electron chi connectivity index (χ1n) is 12.3. The summed E-state index contributed by atoms with van der Waals surface area (Å²) in [4.78, 5) is 0. The SMILES string of the molecule is CC(=CCCC(C)C)[C@H]1CC[C@H]2[C@@H]3CC=C4C[C@@H](O)CC[C@]4(C)[C@H]3CC[C@]12C. The normalized spacial score (nSPS) is 46.0. The van der Waals surface area contributed by atoms with Crippen LogP contribution < -0.4 is 0 Å². The van der Waals surface area contributed by atoms with E-state index in [4.69, 9.17) is 0 Å². The largest absolute Gasteiger partial charge is 0.393 e. The van der Waals surface area contributed by atoms with Gasteiger partial charge < -0.3 is 5.11 Å². The van der Waals surface area contributed by atoms with Gasteiger partial charge in [-0.2, -0.15) is 0 Å². The van der Waals surface area contributed by atoms with Gasteiger partial charge >= 0.3 is 0 Å². The predicted molar refractivity (Wildman–Crippen MR) is 119 cm³/mol. The highest BCUT2D eigenvalue weighted by Crippen LogP contribution is 2.67. The fraction of sp³-hybridized carbons (Fsp3) is 0.852. The number of rotatable bonds is 4. The Morgan fingerprint density at radius 2 is 1.93 bits per heavy atom. The topological polar surface area (TPSA) is 20.2 Å². The number of hydrogen-bond acceptors (Lipinski definition) is 1. The number of aliphatic hydroxyl groups excluding tert-OH is 1. The van der Waals surface area contributed by atoms with Gasteiger partial charge in [-0.15, -0.1) is 0 Å². The molecule has 158 valence electrons. The molecule has 1 N–H and O–H groups in total. The van der Waals surface area contributed by atoms with Crippen LogP contribution in [-0.2, 0) is 0 Å². The van der Waals surface area contributed by atoms with Gasteiger partial charge in [-0.25, -0.2) is 0 Å². The molecule has 28 heavy (non-hydrogen) atoms. The summed E-state index contributed by atoms with van der Waals surface area (Å²) in [6.45, 7) is 12.3. The highest BCUT2D eigenvalue weighted by Gasteiger charge is 2.58. The highest BCUT2D eigenvalue weighted by molar-refractivity contribution is 5.26. The van der Waals surface area contributed by atoms with Gasteiger partial charge in [-0.3, -0.25) is 0 Å². The third kappa shape index (κ3) is 3.34. The number of fused-ring (bicyclic) bond motifs is 5. The Balaban J connectivity index is 1.54. The minimum Gasteiger partial charge on any atom is -0.393 e. The standard InChI is InChI=1S/C27H44O/c1-18(2)7-6-8-19(3)23-11-12-24-22-10-9-20-17-21(28)13-15-26(20,4)25(22)14-16-27(23,24)5/h8-9,18,21-25,28H,6-7,10-17H2,1-5H3/t21-,22-,23+,24-,25-,26-,27+/m0/s1. The van der Waals surface area contributed by atoms with Crippen molar-refractivity contribution >= 4 is 0 Å². The molecule has 0 spiro atoms. The van der Waals surface area contributed by atoms with Crippen LogP contribution in [0.1, 0.15) is 98.8 Å². The van der Waals surface area contributed by atoms with Gasteiger partial charge in [0, 0.05) is 0 Å². The second-order valence-corrected chi connectivity index (χ2v) is 11.7. The van der Waals surface area contributed by atoms with Crippen molar-refractivity contribution in [1.82, 2.24) is 0 Å². The van der Waals surface area contributed by atoms with Crippen LogP contribution in [0.5, 0.6) is 0 Å². The molecular weight excluding hydrogens is 340 g/mol. The molecular formula is C27H44O. The van der Waals surface area contributed by atoms with Crippen LogP contribution in [0, 0.1) is 40.4 Å². The predicted octanol–water partition coefficient (Wildman–Crippen LogP) is 7.31. The summed E-state index contributed by atoms with van der Waals surface area (Å²) < 4.78 is 0. The van der Waals surface area contributed by atoms with Gasteiger partial charge in [0.05, 0.1) is 6.10 Å². The maximum Gasteiger partial charge on any atom is 0.0577 e. The lowest BCUT2D eigenvalue weighted by molar-refractivity contribution is -0.0454. The zero-order chi connectivity index (χ0) is 20.1. The van der Waals surface area contributed by atoms with Crippen molar-refractivity contribution in [3.05, 3.63) is 23.3 Å². The van der Waals surface area contributed by atoms with Crippen molar-refractivity contribution in [2.45, 2.75) is 105 Å². The summed E-state index contributed by atoms with van der Waals surface area (Å²) in [6, 6.07) is 0. The fourth-order valence-corrected chi connectivity index (χ4v) is 8.18. The summed E-state index contributed by atoms with van der Waals surface area (Å²) in [6.07, 6.45) is 17.8. The molecule has 3 fully saturated rings. The minimum absolute atomic E-state index is 0.0841. The van der Waals surface area contributed by atoms with Crippen molar-refractivity contribution in [3.63, 3.8) is 0 Å². The Labute approximate surface area is 174 Å². The minimum atomic E-state index is -0.0841. The van der Waals surface area contributed by atoms with E-state index < -0.39 is 0 Å². The van der Waals surface area contributed by atoms with Crippen LogP contribution in [0.2, 0.25) is 0 Å². The summed E-state index contributed by atoms with van der Waals surface area (Å²) in [5.41, 5.74) is 4.21. The van der Waals surface area contributed by atoms with E-state index >= 15 is 0 Å². The van der Waals surface area contributed by atoms with E-state index in [1.54, 1.807) is 11.1 Å². The highest BCUT2D eigenvalue weighted by atomic mass is 16.3. The van der Waals surface area contributed by atoms with Crippen molar-refractivity contribution in [2.75, 3.05) is 0 Å². The Kier molecular flexibility index (Phi) is 5.62. The molecule has 3 saturated carbocycles. The maximum atomic E-state index is 10.2. The average molecular weight is 385 g/mol. The smallest absolute Gasteiger partial charge is 0.0577 e. The Bertz CT molecular complexity index is 643. The fourth-order valence-electron chi connectivity index (χ4n) is 8.18. The molecule has 4 aliphatic carbocycles. The van der Waals surface area contributed by atoms with E-state index in [1.165, 1.54) is 51.4 Å². The first kappa shape index (κ1) is 20.7. The van der Waals surface area contributed by atoms with E-state index in [1.807, 2.05) is 0 Å². The summed E-state index contributed by atoms with van der Waals surface area (Å²) >= 11 is 0. The van der Waals surface area contributed by atoms with Gasteiger partial charge in [0.2, 0.25) is 0 Å². The second-order valence-electron chi connectivity index (χ2n) is 11.7. The van der Waals surface area contributed by atoms with Crippen LogP contribution in [0.4, 0.5) is 0 Å². The molecule has 0 aliphatic heterocycles. The van der Waals surface area contributed by atoms with Crippen LogP contribution >= 0.6 is 0 Å². The molecule has 0 aromatic rings. The Morgan fingerprint density at radius 1 is 1.14 bits per heavy atom. The molecule has 1 heteroatoms. The third-order valence-electron chi connectivity index (χ3n) is 9.84. The molecule has 0 saturated heterocycles. The Hall–Kier alpha value is -0.560. The summed E-state index contributed by atoms with van der Waals surface area (Å²) in [5, 5.41) is 10.2. The maximum absolute atomic E-state index is 10.2. The van der Waals surface area contributed by atoms with E-state index in [2.05, 4.69) is 46.8 Å².